The van der Waals surface area contributed by atoms with Crippen LogP contribution in [0.5, 0.6) is 5.75 Å². The second-order valence-electron chi connectivity index (χ2n) is 5.39. The van der Waals surface area contributed by atoms with Gasteiger partial charge in [0, 0.05) is 12.1 Å². The monoisotopic (exact) mass is 351 g/mol. The Labute approximate surface area is 142 Å². The minimum Gasteiger partial charge on any atom is -0.494 e. The van der Waals surface area contributed by atoms with Crippen LogP contribution in [0.2, 0.25) is 0 Å². The SMILES string of the molecule is CCOc1ccccc1CCCNS(=O)(=O)Cc1ccccc1F. The molecule has 0 saturated heterocycles. The van der Waals surface area contributed by atoms with E-state index in [0.717, 1.165) is 11.3 Å². The Hall–Kier alpha value is -1.92. The number of nitrogens with one attached hydrogen (secondary N) is 1. The highest BCUT2D eigenvalue weighted by Crippen LogP contribution is 2.19. The third-order valence-electron chi connectivity index (χ3n) is 3.52. The first-order valence-electron chi connectivity index (χ1n) is 7.93. The predicted molar refractivity (Wildman–Crippen MR) is 93.0 cm³/mol. The van der Waals surface area contributed by atoms with E-state index in [4.69, 9.17) is 4.74 Å². The molecule has 2 aromatic rings. The summed E-state index contributed by atoms with van der Waals surface area (Å²) in [5.74, 6) is -0.0300. The Kier molecular flexibility index (Phi) is 6.75. The van der Waals surface area contributed by atoms with Crippen molar-refractivity contribution in [2.75, 3.05) is 13.2 Å². The molecule has 0 atom stereocenters. The van der Waals surface area contributed by atoms with Crippen molar-refractivity contribution in [1.82, 2.24) is 4.72 Å². The lowest BCUT2D eigenvalue weighted by atomic mass is 10.1. The molecule has 2 rings (SSSR count). The number of rotatable bonds is 9. The molecule has 24 heavy (non-hydrogen) atoms. The Morgan fingerprint density at radius 2 is 1.71 bits per heavy atom. The molecule has 0 unspecified atom stereocenters. The van der Waals surface area contributed by atoms with Crippen molar-refractivity contribution in [3.8, 4) is 5.75 Å². The smallest absolute Gasteiger partial charge is 0.215 e. The van der Waals surface area contributed by atoms with E-state index < -0.39 is 15.8 Å². The van der Waals surface area contributed by atoms with E-state index in [9.17, 15) is 12.8 Å². The van der Waals surface area contributed by atoms with Gasteiger partial charge in [0.05, 0.1) is 12.4 Å². The van der Waals surface area contributed by atoms with Gasteiger partial charge in [-0.15, -0.1) is 0 Å². The Balaban J connectivity index is 1.84. The van der Waals surface area contributed by atoms with Crippen molar-refractivity contribution in [3.05, 3.63) is 65.5 Å². The minimum atomic E-state index is -3.55. The maximum absolute atomic E-state index is 13.5. The fourth-order valence-electron chi connectivity index (χ4n) is 2.38. The van der Waals surface area contributed by atoms with Crippen LogP contribution in [-0.2, 0) is 22.2 Å². The van der Waals surface area contributed by atoms with Gasteiger partial charge in [-0.2, -0.15) is 0 Å². The summed E-state index contributed by atoms with van der Waals surface area (Å²) in [6, 6.07) is 13.6. The summed E-state index contributed by atoms with van der Waals surface area (Å²) in [7, 11) is -3.55. The molecule has 0 fully saturated rings. The maximum atomic E-state index is 13.5. The van der Waals surface area contributed by atoms with Crippen LogP contribution in [0.25, 0.3) is 0 Å². The molecule has 0 saturated carbocycles. The predicted octanol–water partition coefficient (Wildman–Crippen LogP) is 3.28. The van der Waals surface area contributed by atoms with Gasteiger partial charge in [0.15, 0.2) is 0 Å². The van der Waals surface area contributed by atoms with Gasteiger partial charge in [-0.3, -0.25) is 0 Å². The lowest BCUT2D eigenvalue weighted by molar-refractivity contribution is 0.336. The number of hydrogen-bond donors (Lipinski definition) is 1. The van der Waals surface area contributed by atoms with Crippen molar-refractivity contribution in [2.45, 2.75) is 25.5 Å². The van der Waals surface area contributed by atoms with Crippen LogP contribution in [0.3, 0.4) is 0 Å². The highest BCUT2D eigenvalue weighted by molar-refractivity contribution is 7.88. The summed E-state index contributed by atoms with van der Waals surface area (Å²) < 4.78 is 45.7. The number of para-hydroxylation sites is 1. The Bertz CT molecular complexity index is 762. The summed E-state index contributed by atoms with van der Waals surface area (Å²) >= 11 is 0. The summed E-state index contributed by atoms with van der Waals surface area (Å²) in [5, 5.41) is 0. The maximum Gasteiger partial charge on any atom is 0.215 e. The van der Waals surface area contributed by atoms with E-state index in [-0.39, 0.29) is 11.3 Å². The van der Waals surface area contributed by atoms with Crippen LogP contribution in [0.15, 0.2) is 48.5 Å². The normalized spacial score (nSPS) is 11.4. The first-order chi connectivity index (χ1) is 11.5. The summed E-state index contributed by atoms with van der Waals surface area (Å²) in [4.78, 5) is 0. The minimum absolute atomic E-state index is 0.173. The summed E-state index contributed by atoms with van der Waals surface area (Å²) in [5.41, 5.74) is 1.22. The van der Waals surface area contributed by atoms with E-state index in [1.54, 1.807) is 6.07 Å². The molecule has 0 aliphatic heterocycles. The largest absolute Gasteiger partial charge is 0.494 e. The van der Waals surface area contributed by atoms with E-state index in [1.165, 1.54) is 18.2 Å². The highest BCUT2D eigenvalue weighted by atomic mass is 32.2. The number of ether oxygens (including phenoxy) is 1. The van der Waals surface area contributed by atoms with Crippen LogP contribution >= 0.6 is 0 Å². The Morgan fingerprint density at radius 1 is 1.04 bits per heavy atom. The number of aryl methyl sites for hydroxylation is 1. The van der Waals surface area contributed by atoms with Gasteiger partial charge in [0.1, 0.15) is 11.6 Å². The van der Waals surface area contributed by atoms with Crippen LogP contribution in [0.1, 0.15) is 24.5 Å². The van der Waals surface area contributed by atoms with Crippen LogP contribution in [0.4, 0.5) is 4.39 Å². The molecule has 0 aromatic heterocycles. The van der Waals surface area contributed by atoms with Crippen molar-refractivity contribution >= 4 is 10.0 Å². The zero-order valence-corrected chi connectivity index (χ0v) is 14.5. The molecule has 0 heterocycles. The van der Waals surface area contributed by atoms with Crippen LogP contribution in [0, 0.1) is 5.82 Å². The number of sulfonamides is 1. The van der Waals surface area contributed by atoms with Gasteiger partial charge in [0.2, 0.25) is 10.0 Å². The zero-order valence-electron chi connectivity index (χ0n) is 13.7. The molecule has 130 valence electrons. The van der Waals surface area contributed by atoms with Crippen molar-refractivity contribution in [3.63, 3.8) is 0 Å². The van der Waals surface area contributed by atoms with Crippen LogP contribution in [-0.4, -0.2) is 21.6 Å². The third kappa shape index (κ3) is 5.62. The van der Waals surface area contributed by atoms with Crippen molar-refractivity contribution in [2.24, 2.45) is 0 Å². The molecule has 2 aromatic carbocycles. The second kappa shape index (κ2) is 8.80. The fraction of sp³-hybridized carbons (Fsp3) is 0.333. The standard InChI is InChI=1S/C18H22FNO3S/c1-2-23-18-12-6-4-8-15(18)10-7-13-20-24(21,22)14-16-9-3-5-11-17(16)19/h3-6,8-9,11-12,20H,2,7,10,13-14H2,1H3. The van der Waals surface area contributed by atoms with E-state index in [2.05, 4.69) is 4.72 Å². The van der Waals surface area contributed by atoms with E-state index in [1.807, 2.05) is 31.2 Å². The third-order valence-corrected chi connectivity index (χ3v) is 4.86. The fourth-order valence-corrected chi connectivity index (χ4v) is 3.59. The molecular formula is C18H22FNO3S. The van der Waals surface area contributed by atoms with Crippen molar-refractivity contribution < 1.29 is 17.5 Å². The van der Waals surface area contributed by atoms with Gasteiger partial charge >= 0.3 is 0 Å². The number of hydrogen-bond acceptors (Lipinski definition) is 3. The first kappa shape index (κ1) is 18.4. The van der Waals surface area contributed by atoms with Gasteiger partial charge in [-0.25, -0.2) is 17.5 Å². The lowest BCUT2D eigenvalue weighted by Crippen LogP contribution is -2.26. The second-order valence-corrected chi connectivity index (χ2v) is 7.20. The molecule has 1 N–H and O–H groups in total. The summed E-state index contributed by atoms with van der Waals surface area (Å²) in [6.07, 6.45) is 1.35. The molecule has 0 radical (unpaired) electrons. The first-order valence-corrected chi connectivity index (χ1v) is 9.58. The topological polar surface area (TPSA) is 55.4 Å². The van der Waals surface area contributed by atoms with Gasteiger partial charge < -0.3 is 4.74 Å². The lowest BCUT2D eigenvalue weighted by Gasteiger charge is -2.10. The van der Waals surface area contributed by atoms with Crippen LogP contribution < -0.4 is 9.46 Å². The quantitative estimate of drug-likeness (QED) is 0.706. The molecule has 0 amide bonds. The molecule has 6 heteroatoms. The molecule has 0 aliphatic carbocycles. The molecule has 0 spiro atoms. The van der Waals surface area contributed by atoms with Gasteiger partial charge in [-0.1, -0.05) is 36.4 Å². The summed E-state index contributed by atoms with van der Waals surface area (Å²) in [6.45, 7) is 2.82. The van der Waals surface area contributed by atoms with E-state index in [0.29, 0.717) is 26.0 Å². The molecular weight excluding hydrogens is 329 g/mol. The Morgan fingerprint density at radius 3 is 2.42 bits per heavy atom. The van der Waals surface area contributed by atoms with E-state index >= 15 is 0 Å². The molecule has 4 nitrogen and oxygen atoms in total. The molecule has 0 bridgehead atoms. The van der Waals surface area contributed by atoms with Crippen molar-refractivity contribution in [1.29, 1.82) is 0 Å². The number of halogens is 1. The average molecular weight is 351 g/mol. The van der Waals surface area contributed by atoms with Gasteiger partial charge in [0.25, 0.3) is 0 Å². The zero-order chi connectivity index (χ0) is 17.4. The highest BCUT2D eigenvalue weighted by Gasteiger charge is 2.13. The van der Waals surface area contributed by atoms with Gasteiger partial charge in [-0.05, 0) is 37.5 Å². The molecule has 0 aliphatic rings. The number of benzene rings is 2. The average Bonchev–Trinajstić information content (AvgIpc) is 2.55.